The number of hydrogen-bond donors (Lipinski definition) is 2. The van der Waals surface area contributed by atoms with E-state index < -0.39 is 11.9 Å². The molecule has 1 heterocycles. The molecule has 0 aromatic rings. The first kappa shape index (κ1) is 10.5. The van der Waals surface area contributed by atoms with Gasteiger partial charge in [0, 0.05) is 18.1 Å². The van der Waals surface area contributed by atoms with E-state index >= 15 is 0 Å². The predicted molar refractivity (Wildman–Crippen MR) is 46.9 cm³/mol. The van der Waals surface area contributed by atoms with Crippen LogP contribution in [0.4, 0.5) is 0 Å². The Morgan fingerprint density at radius 2 is 2.07 bits per heavy atom. The molecule has 5 heteroatoms. The molecular weight excluding hydrogens is 188 g/mol. The van der Waals surface area contributed by atoms with Crippen LogP contribution in [0.1, 0.15) is 6.42 Å². The lowest BCUT2D eigenvalue weighted by Crippen LogP contribution is -2.03. The Kier molecular flexibility index (Phi) is 3.41. The Bertz CT molecular complexity index is 298. The summed E-state index contributed by atoms with van der Waals surface area (Å²) < 4.78 is 4.87. The highest BCUT2D eigenvalue weighted by Crippen LogP contribution is 2.19. The van der Waals surface area contributed by atoms with Gasteiger partial charge >= 0.3 is 11.9 Å². The fraction of sp³-hybridized carbons (Fsp3) is 0.333. The maximum Gasteiger partial charge on any atom is 0.331 e. The second-order valence-corrected chi connectivity index (χ2v) is 2.85. The van der Waals surface area contributed by atoms with E-state index in [2.05, 4.69) is 0 Å². The molecule has 1 unspecified atom stereocenters. The van der Waals surface area contributed by atoms with Gasteiger partial charge in [0.1, 0.15) is 0 Å². The van der Waals surface area contributed by atoms with Crippen LogP contribution in [0.25, 0.3) is 0 Å². The number of carboxylic acids is 2. The molecule has 14 heavy (non-hydrogen) atoms. The summed E-state index contributed by atoms with van der Waals surface area (Å²) in [6.07, 6.45) is 3.66. The van der Waals surface area contributed by atoms with E-state index in [4.69, 9.17) is 14.9 Å². The topological polar surface area (TPSA) is 87.1 Å². The van der Waals surface area contributed by atoms with Crippen LogP contribution in [-0.4, -0.2) is 34.9 Å². The number of rotatable bonds is 5. The number of aliphatic carboxylic acids is 2. The lowest BCUT2D eigenvalue weighted by molar-refractivity contribution is -0.133. The molecule has 0 saturated carbocycles. The van der Waals surface area contributed by atoms with Crippen LogP contribution in [0.3, 0.4) is 0 Å². The van der Waals surface area contributed by atoms with Crippen LogP contribution >= 0.6 is 0 Å². The Morgan fingerprint density at radius 3 is 2.50 bits per heavy atom. The van der Waals surface area contributed by atoms with Gasteiger partial charge in [-0.2, -0.15) is 0 Å². The Labute approximate surface area is 80.3 Å². The van der Waals surface area contributed by atoms with Crippen molar-refractivity contribution in [3.05, 3.63) is 23.8 Å². The van der Waals surface area contributed by atoms with Crippen molar-refractivity contribution >= 4 is 11.9 Å². The van der Waals surface area contributed by atoms with Gasteiger partial charge in [0.25, 0.3) is 0 Å². The molecule has 1 fully saturated rings. The van der Waals surface area contributed by atoms with Gasteiger partial charge in [-0.15, -0.1) is 0 Å². The van der Waals surface area contributed by atoms with Gasteiger partial charge < -0.3 is 14.9 Å². The highest BCUT2D eigenvalue weighted by atomic mass is 16.6. The lowest BCUT2D eigenvalue weighted by atomic mass is 10.1. The van der Waals surface area contributed by atoms with E-state index in [1.54, 1.807) is 0 Å². The summed E-state index contributed by atoms with van der Waals surface area (Å²) in [6, 6.07) is 0. The smallest absolute Gasteiger partial charge is 0.331 e. The fourth-order valence-electron chi connectivity index (χ4n) is 0.904. The monoisotopic (exact) mass is 198 g/mol. The second-order valence-electron chi connectivity index (χ2n) is 2.85. The van der Waals surface area contributed by atoms with Crippen molar-refractivity contribution in [1.82, 2.24) is 0 Å². The number of ether oxygens (including phenoxy) is 1. The van der Waals surface area contributed by atoms with E-state index in [-0.39, 0.29) is 11.7 Å². The average molecular weight is 198 g/mol. The molecule has 0 amide bonds. The Balaban J connectivity index is 2.55. The minimum atomic E-state index is -1.10. The maximum atomic E-state index is 10.6. The van der Waals surface area contributed by atoms with E-state index in [9.17, 15) is 9.59 Å². The molecule has 5 nitrogen and oxygen atoms in total. The van der Waals surface area contributed by atoms with Crippen LogP contribution in [0.2, 0.25) is 0 Å². The molecule has 0 aromatic carbocycles. The van der Waals surface area contributed by atoms with Crippen LogP contribution in [0, 0.1) is 0 Å². The third-order valence-electron chi connectivity index (χ3n) is 1.66. The van der Waals surface area contributed by atoms with Gasteiger partial charge in [0.05, 0.1) is 12.7 Å². The molecule has 0 radical (unpaired) electrons. The molecule has 1 atom stereocenters. The fourth-order valence-corrected chi connectivity index (χ4v) is 0.904. The Hall–Kier alpha value is -1.62. The van der Waals surface area contributed by atoms with Gasteiger partial charge in [-0.25, -0.2) is 9.59 Å². The molecule has 0 aromatic heterocycles. The normalized spacial score (nSPS) is 21.1. The van der Waals surface area contributed by atoms with Crippen molar-refractivity contribution in [2.75, 3.05) is 6.61 Å². The lowest BCUT2D eigenvalue weighted by Gasteiger charge is -1.95. The first-order valence-electron chi connectivity index (χ1n) is 4.04. The van der Waals surface area contributed by atoms with Crippen molar-refractivity contribution in [3.8, 4) is 0 Å². The van der Waals surface area contributed by atoms with Gasteiger partial charge in [0.2, 0.25) is 0 Å². The molecule has 1 aliphatic heterocycles. The van der Waals surface area contributed by atoms with Gasteiger partial charge in [-0.05, 0) is 0 Å². The first-order chi connectivity index (χ1) is 6.59. The molecule has 1 saturated heterocycles. The minimum Gasteiger partial charge on any atom is -0.478 e. The first-order valence-corrected chi connectivity index (χ1v) is 4.04. The number of carboxylic acid groups (broad SMARTS) is 2. The third-order valence-corrected chi connectivity index (χ3v) is 1.66. The highest BCUT2D eigenvalue weighted by molar-refractivity contribution is 5.87. The summed E-state index contributed by atoms with van der Waals surface area (Å²) in [6.45, 7) is 0.577. The summed E-state index contributed by atoms with van der Waals surface area (Å²) in [5.41, 5.74) is 0.157. The average Bonchev–Trinajstić information content (AvgIpc) is 2.85. The van der Waals surface area contributed by atoms with Crippen molar-refractivity contribution in [2.24, 2.45) is 0 Å². The van der Waals surface area contributed by atoms with Crippen LogP contribution in [0.15, 0.2) is 23.8 Å². The van der Waals surface area contributed by atoms with Crippen LogP contribution in [0.5, 0.6) is 0 Å². The minimum absolute atomic E-state index is 0.0180. The SMILES string of the molecule is O=C(O)C=CC=C(CC1CO1)C(=O)O. The van der Waals surface area contributed by atoms with Crippen molar-refractivity contribution in [1.29, 1.82) is 0 Å². The summed E-state index contributed by atoms with van der Waals surface area (Å²) >= 11 is 0. The molecule has 1 rings (SSSR count). The largest absolute Gasteiger partial charge is 0.478 e. The van der Waals surface area contributed by atoms with Crippen LogP contribution in [-0.2, 0) is 14.3 Å². The van der Waals surface area contributed by atoms with Gasteiger partial charge in [-0.3, -0.25) is 0 Å². The van der Waals surface area contributed by atoms with Gasteiger partial charge in [0.15, 0.2) is 0 Å². The quantitative estimate of drug-likeness (QED) is 0.380. The zero-order chi connectivity index (χ0) is 10.6. The van der Waals surface area contributed by atoms with Gasteiger partial charge in [-0.1, -0.05) is 12.2 Å². The van der Waals surface area contributed by atoms with Crippen molar-refractivity contribution in [2.45, 2.75) is 12.5 Å². The zero-order valence-corrected chi connectivity index (χ0v) is 7.34. The predicted octanol–water partition coefficient (Wildman–Crippen LogP) is 0.427. The van der Waals surface area contributed by atoms with E-state index in [0.29, 0.717) is 13.0 Å². The number of allylic oxidation sites excluding steroid dienone is 2. The molecular formula is C9H10O5. The maximum absolute atomic E-state index is 10.6. The summed E-state index contributed by atoms with van der Waals surface area (Å²) in [4.78, 5) is 20.7. The highest BCUT2D eigenvalue weighted by Gasteiger charge is 2.25. The van der Waals surface area contributed by atoms with E-state index in [0.717, 1.165) is 6.08 Å². The molecule has 0 spiro atoms. The standard InChI is InChI=1S/C9H10O5/c10-8(11)3-1-2-6(9(12)13)4-7-5-14-7/h1-3,7H,4-5H2,(H,10,11)(H,12,13). The second kappa shape index (κ2) is 4.57. The number of hydrogen-bond acceptors (Lipinski definition) is 3. The number of carbonyl (C=O) groups is 2. The molecule has 0 aliphatic carbocycles. The summed E-state index contributed by atoms with van der Waals surface area (Å²) in [5, 5.41) is 17.0. The molecule has 1 aliphatic rings. The zero-order valence-electron chi connectivity index (χ0n) is 7.34. The van der Waals surface area contributed by atoms with Crippen molar-refractivity contribution in [3.63, 3.8) is 0 Å². The Morgan fingerprint density at radius 1 is 1.43 bits per heavy atom. The molecule has 2 N–H and O–H groups in total. The van der Waals surface area contributed by atoms with E-state index in [1.165, 1.54) is 12.2 Å². The third kappa shape index (κ3) is 3.86. The van der Waals surface area contributed by atoms with E-state index in [1.807, 2.05) is 0 Å². The number of epoxide rings is 1. The molecule has 0 bridgehead atoms. The van der Waals surface area contributed by atoms with Crippen LogP contribution < -0.4 is 0 Å². The summed E-state index contributed by atoms with van der Waals surface area (Å²) in [5.74, 6) is -2.15. The summed E-state index contributed by atoms with van der Waals surface area (Å²) in [7, 11) is 0. The van der Waals surface area contributed by atoms with Crippen molar-refractivity contribution < 1.29 is 24.5 Å². The molecule has 76 valence electrons.